The molecule has 0 saturated carbocycles. The van der Waals surface area contributed by atoms with E-state index in [1.807, 2.05) is 22.6 Å². The maximum atomic E-state index is 13.1. The van der Waals surface area contributed by atoms with E-state index in [9.17, 15) is 4.79 Å². The Morgan fingerprint density at radius 1 is 1.17 bits per heavy atom. The lowest BCUT2D eigenvalue weighted by molar-refractivity contribution is 0.0681. The third-order valence-electron chi connectivity index (χ3n) is 7.32. The summed E-state index contributed by atoms with van der Waals surface area (Å²) in [6.45, 7) is 10.0. The second-order valence-corrected chi connectivity index (χ2v) is 9.81. The van der Waals surface area contributed by atoms with Gasteiger partial charge < -0.3 is 14.2 Å². The van der Waals surface area contributed by atoms with Crippen molar-refractivity contribution < 1.29 is 14.1 Å². The lowest BCUT2D eigenvalue weighted by Gasteiger charge is -2.31. The molecular weight excluding hydrogens is 446 g/mol. The highest BCUT2D eigenvalue weighted by Gasteiger charge is 2.28. The maximum Gasteiger partial charge on any atom is 0.271 e. The standard InChI is InChI=1S/C25H35N7O3/c1-4-9-32-17(3)23(16(2)29-32)20-15-21(28-27-20)25(33)31-10-5-18(6-11-31)14-22-26-24(30-35-22)19-7-12-34-13-8-19/h15,18-19H,4-14H2,1-3H3,(H,27,28). The van der Waals surface area contributed by atoms with Gasteiger partial charge in [-0.2, -0.15) is 15.2 Å². The van der Waals surface area contributed by atoms with Gasteiger partial charge in [-0.1, -0.05) is 12.1 Å². The molecule has 0 atom stereocenters. The van der Waals surface area contributed by atoms with Crippen molar-refractivity contribution in [1.82, 2.24) is 35.0 Å². The average Bonchev–Trinajstić information content (AvgIpc) is 3.60. The van der Waals surface area contributed by atoms with Crippen LogP contribution in [0.3, 0.4) is 0 Å². The number of carbonyl (C=O) groups excluding carboxylic acids is 1. The third-order valence-corrected chi connectivity index (χ3v) is 7.32. The van der Waals surface area contributed by atoms with Crippen molar-refractivity contribution in [3.8, 4) is 11.3 Å². The molecule has 0 spiro atoms. The quantitative estimate of drug-likeness (QED) is 0.547. The van der Waals surface area contributed by atoms with Gasteiger partial charge in [0.2, 0.25) is 5.89 Å². The predicted molar refractivity (Wildman–Crippen MR) is 129 cm³/mol. The highest BCUT2D eigenvalue weighted by molar-refractivity contribution is 5.93. The van der Waals surface area contributed by atoms with E-state index in [0.29, 0.717) is 36.5 Å². The van der Waals surface area contributed by atoms with Crippen LogP contribution in [0.15, 0.2) is 10.6 Å². The molecule has 10 heteroatoms. The third kappa shape index (κ3) is 5.03. The Balaban J connectivity index is 1.17. The van der Waals surface area contributed by atoms with E-state index < -0.39 is 0 Å². The van der Waals surface area contributed by atoms with E-state index in [1.165, 1.54) is 0 Å². The van der Waals surface area contributed by atoms with Gasteiger partial charge in [-0.15, -0.1) is 0 Å². The molecular formula is C25H35N7O3. The minimum absolute atomic E-state index is 0.00181. The molecule has 2 fully saturated rings. The number of piperidine rings is 1. The van der Waals surface area contributed by atoms with Gasteiger partial charge in [0.25, 0.3) is 5.91 Å². The summed E-state index contributed by atoms with van der Waals surface area (Å²) in [5.41, 5.74) is 4.32. The van der Waals surface area contributed by atoms with Crippen molar-refractivity contribution in [1.29, 1.82) is 0 Å². The minimum Gasteiger partial charge on any atom is -0.381 e. The zero-order valence-electron chi connectivity index (χ0n) is 20.9. The van der Waals surface area contributed by atoms with Crippen molar-refractivity contribution >= 4 is 5.91 Å². The summed E-state index contributed by atoms with van der Waals surface area (Å²) in [7, 11) is 0. The molecule has 0 aliphatic carbocycles. The van der Waals surface area contributed by atoms with Crippen LogP contribution >= 0.6 is 0 Å². The molecule has 0 unspecified atom stereocenters. The fourth-order valence-electron chi connectivity index (χ4n) is 5.29. The van der Waals surface area contributed by atoms with Crippen LogP contribution in [0.5, 0.6) is 0 Å². The van der Waals surface area contributed by atoms with E-state index in [4.69, 9.17) is 9.26 Å². The number of H-pyrrole nitrogens is 1. The largest absolute Gasteiger partial charge is 0.381 e. The summed E-state index contributed by atoms with van der Waals surface area (Å²) in [5, 5.41) is 16.3. The lowest BCUT2D eigenvalue weighted by atomic mass is 9.93. The summed E-state index contributed by atoms with van der Waals surface area (Å²) < 4.78 is 13.0. The predicted octanol–water partition coefficient (Wildman–Crippen LogP) is 3.67. The van der Waals surface area contributed by atoms with Crippen molar-refractivity contribution in [3.63, 3.8) is 0 Å². The van der Waals surface area contributed by atoms with Crippen LogP contribution in [-0.4, -0.2) is 67.2 Å². The van der Waals surface area contributed by atoms with Crippen molar-refractivity contribution in [2.24, 2.45) is 5.92 Å². The number of likely N-dealkylation sites (tertiary alicyclic amines) is 1. The number of aromatic nitrogens is 6. The van der Waals surface area contributed by atoms with Crippen LogP contribution in [0.4, 0.5) is 0 Å². The molecule has 188 valence electrons. The Hall–Kier alpha value is -3.01. The smallest absolute Gasteiger partial charge is 0.271 e. The fraction of sp³-hybridized carbons (Fsp3) is 0.640. The van der Waals surface area contributed by atoms with E-state index in [1.54, 1.807) is 0 Å². The number of aromatic amines is 1. The maximum absolute atomic E-state index is 13.1. The number of nitrogens with zero attached hydrogens (tertiary/aromatic N) is 6. The number of rotatable bonds is 7. The number of aryl methyl sites for hydroxylation is 2. The first kappa shape index (κ1) is 23.7. The van der Waals surface area contributed by atoms with Crippen LogP contribution in [0.2, 0.25) is 0 Å². The Labute approximate surface area is 205 Å². The Kier molecular flexibility index (Phi) is 6.99. The zero-order valence-corrected chi connectivity index (χ0v) is 20.9. The number of hydrogen-bond acceptors (Lipinski definition) is 7. The van der Waals surface area contributed by atoms with Crippen LogP contribution < -0.4 is 0 Å². The lowest BCUT2D eigenvalue weighted by Crippen LogP contribution is -2.39. The molecule has 10 nitrogen and oxygen atoms in total. The first-order valence-corrected chi connectivity index (χ1v) is 12.8. The molecule has 35 heavy (non-hydrogen) atoms. The molecule has 0 aromatic carbocycles. The van der Waals surface area contributed by atoms with Crippen molar-refractivity contribution in [3.05, 3.63) is 34.9 Å². The van der Waals surface area contributed by atoms with Gasteiger partial charge in [-0.05, 0) is 57.9 Å². The number of nitrogens with one attached hydrogen (secondary N) is 1. The van der Waals surface area contributed by atoms with Crippen LogP contribution in [0, 0.1) is 19.8 Å². The minimum atomic E-state index is -0.00181. The molecule has 1 N–H and O–H groups in total. The number of carbonyl (C=O) groups is 1. The Morgan fingerprint density at radius 2 is 1.94 bits per heavy atom. The molecule has 2 aliphatic rings. The zero-order chi connectivity index (χ0) is 24.4. The summed E-state index contributed by atoms with van der Waals surface area (Å²) in [5.74, 6) is 2.31. The highest BCUT2D eigenvalue weighted by atomic mass is 16.5. The first-order chi connectivity index (χ1) is 17.0. The molecule has 1 amide bonds. The fourth-order valence-corrected chi connectivity index (χ4v) is 5.29. The van der Waals surface area contributed by atoms with Gasteiger partial charge in [0, 0.05) is 56.4 Å². The second kappa shape index (κ2) is 10.3. The van der Waals surface area contributed by atoms with Gasteiger partial charge in [0.05, 0.1) is 11.4 Å². The molecule has 5 rings (SSSR count). The normalized spacial score (nSPS) is 17.9. The van der Waals surface area contributed by atoms with Gasteiger partial charge in [-0.25, -0.2) is 0 Å². The average molecular weight is 482 g/mol. The Bertz CT molecular complexity index is 1150. The van der Waals surface area contributed by atoms with E-state index in [-0.39, 0.29) is 5.91 Å². The summed E-state index contributed by atoms with van der Waals surface area (Å²) in [6, 6.07) is 1.86. The van der Waals surface area contributed by atoms with Gasteiger partial charge >= 0.3 is 0 Å². The van der Waals surface area contributed by atoms with Crippen LogP contribution in [0.1, 0.15) is 78.5 Å². The number of amides is 1. The topological polar surface area (TPSA) is 115 Å². The highest BCUT2D eigenvalue weighted by Crippen LogP contribution is 2.28. The monoisotopic (exact) mass is 481 g/mol. The summed E-state index contributed by atoms with van der Waals surface area (Å²) in [6.07, 6.45) is 5.54. The molecule has 0 bridgehead atoms. The molecule has 5 heterocycles. The first-order valence-electron chi connectivity index (χ1n) is 12.8. The van der Waals surface area contributed by atoms with Crippen LogP contribution in [-0.2, 0) is 17.7 Å². The van der Waals surface area contributed by atoms with Gasteiger partial charge in [-0.3, -0.25) is 14.6 Å². The van der Waals surface area contributed by atoms with Gasteiger partial charge in [0.1, 0.15) is 5.69 Å². The summed E-state index contributed by atoms with van der Waals surface area (Å²) in [4.78, 5) is 19.7. The number of hydrogen-bond donors (Lipinski definition) is 1. The van der Waals surface area contributed by atoms with E-state index >= 15 is 0 Å². The Morgan fingerprint density at radius 3 is 2.69 bits per heavy atom. The van der Waals surface area contributed by atoms with E-state index in [2.05, 4.69) is 39.3 Å². The molecule has 3 aromatic rings. The van der Waals surface area contributed by atoms with Gasteiger partial charge in [0.15, 0.2) is 5.82 Å². The molecule has 3 aromatic heterocycles. The SMILES string of the molecule is CCCn1nc(C)c(-c2cc(C(=O)N3CCC(Cc4nc(C5CCOCC5)no4)CC3)[nH]n2)c1C. The number of ether oxygens (including phenoxy) is 1. The second-order valence-electron chi connectivity index (χ2n) is 9.81. The molecule has 0 radical (unpaired) electrons. The molecule has 2 saturated heterocycles. The summed E-state index contributed by atoms with van der Waals surface area (Å²) >= 11 is 0. The van der Waals surface area contributed by atoms with Crippen LogP contribution in [0.25, 0.3) is 11.3 Å². The van der Waals surface area contributed by atoms with Crippen molar-refractivity contribution in [2.45, 2.75) is 71.8 Å². The molecule has 2 aliphatic heterocycles. The van der Waals surface area contributed by atoms with E-state index in [0.717, 1.165) is 86.8 Å². The van der Waals surface area contributed by atoms with Crippen molar-refractivity contribution in [2.75, 3.05) is 26.3 Å².